The summed E-state index contributed by atoms with van der Waals surface area (Å²) in [5.41, 5.74) is 5.85. The number of rotatable bonds is 4. The highest BCUT2D eigenvalue weighted by atomic mass is 19.1. The average molecular weight is 363 g/mol. The molecule has 5 N–H and O–H groups in total. The molecule has 2 atom stereocenters. The number of hydrogen-bond donors (Lipinski definition) is 4. The molecule has 0 aromatic heterocycles. The minimum Gasteiger partial charge on any atom is -0.369 e. The summed E-state index contributed by atoms with van der Waals surface area (Å²) in [5, 5.41) is 7.84. The van der Waals surface area contributed by atoms with Crippen LogP contribution in [0.2, 0.25) is 0 Å². The molecule has 0 bridgehead atoms. The molecule has 26 heavy (non-hydrogen) atoms. The van der Waals surface area contributed by atoms with E-state index in [1.807, 2.05) is 0 Å². The number of nitrogens with zero attached hydrogens (tertiary/aromatic N) is 1. The van der Waals surface area contributed by atoms with Gasteiger partial charge in [-0.3, -0.25) is 9.69 Å². The van der Waals surface area contributed by atoms with E-state index in [4.69, 9.17) is 5.73 Å². The van der Waals surface area contributed by atoms with Gasteiger partial charge in [0.05, 0.1) is 11.6 Å². The van der Waals surface area contributed by atoms with Crippen LogP contribution in [0.1, 0.15) is 25.7 Å². The monoisotopic (exact) mass is 363 g/mol. The summed E-state index contributed by atoms with van der Waals surface area (Å²) in [4.78, 5) is 37.0. The highest BCUT2D eigenvalue weighted by Crippen LogP contribution is 2.26. The molecule has 0 radical (unpaired) electrons. The molecule has 8 nitrogen and oxygen atoms in total. The van der Waals surface area contributed by atoms with Crippen LogP contribution in [0.5, 0.6) is 0 Å². The van der Waals surface area contributed by atoms with Crippen LogP contribution in [0.4, 0.5) is 25.4 Å². The minimum atomic E-state index is -0.612. The number of halogens is 1. The fourth-order valence-corrected chi connectivity index (χ4v) is 3.47. The van der Waals surface area contributed by atoms with Crippen molar-refractivity contribution in [2.24, 2.45) is 11.7 Å². The van der Waals surface area contributed by atoms with E-state index in [2.05, 4.69) is 16.0 Å². The lowest BCUT2D eigenvalue weighted by Gasteiger charge is -2.30. The minimum absolute atomic E-state index is 0.0360. The summed E-state index contributed by atoms with van der Waals surface area (Å²) in [5.74, 6) is -1.47. The Hall–Kier alpha value is -2.84. The third kappa shape index (κ3) is 3.87. The van der Waals surface area contributed by atoms with Crippen molar-refractivity contribution in [3.05, 3.63) is 24.0 Å². The molecule has 0 spiro atoms. The van der Waals surface area contributed by atoms with E-state index in [-0.39, 0.29) is 17.8 Å². The molecule has 2 fully saturated rings. The second-order valence-electron chi connectivity index (χ2n) is 6.55. The fourth-order valence-electron chi connectivity index (χ4n) is 3.47. The maximum absolute atomic E-state index is 14.1. The first kappa shape index (κ1) is 18.0. The van der Waals surface area contributed by atoms with E-state index in [0.717, 1.165) is 12.8 Å². The highest BCUT2D eigenvalue weighted by molar-refractivity contribution is 5.96. The predicted molar refractivity (Wildman–Crippen MR) is 94.2 cm³/mol. The van der Waals surface area contributed by atoms with Gasteiger partial charge in [0.15, 0.2) is 0 Å². The van der Waals surface area contributed by atoms with Crippen molar-refractivity contribution >= 4 is 29.3 Å². The summed E-state index contributed by atoms with van der Waals surface area (Å²) in [6.07, 6.45) is 3.07. The zero-order valence-electron chi connectivity index (χ0n) is 14.3. The number of carbonyl (C=O) groups excluding carboxylic acids is 3. The first-order valence-corrected chi connectivity index (χ1v) is 8.67. The lowest BCUT2D eigenvalue weighted by Crippen LogP contribution is -2.48. The topological polar surface area (TPSA) is 117 Å². The third-order valence-electron chi connectivity index (χ3n) is 4.81. The van der Waals surface area contributed by atoms with Gasteiger partial charge in [-0.15, -0.1) is 0 Å². The van der Waals surface area contributed by atoms with Crippen LogP contribution in [0.25, 0.3) is 0 Å². The molecule has 3 rings (SSSR count). The lowest BCUT2D eigenvalue weighted by molar-refractivity contribution is -0.123. The van der Waals surface area contributed by atoms with E-state index in [9.17, 15) is 18.8 Å². The van der Waals surface area contributed by atoms with E-state index in [1.54, 1.807) is 0 Å². The molecule has 5 amide bonds. The number of primary amides is 1. The Bertz CT molecular complexity index is 726. The quantitative estimate of drug-likeness (QED) is 0.650. The van der Waals surface area contributed by atoms with Crippen molar-refractivity contribution in [3.8, 4) is 0 Å². The molecular formula is C17H22FN5O3. The number of nitrogens with one attached hydrogen (secondary N) is 3. The second-order valence-corrected chi connectivity index (χ2v) is 6.55. The maximum Gasteiger partial charge on any atom is 0.321 e. The van der Waals surface area contributed by atoms with Gasteiger partial charge in [0.25, 0.3) is 0 Å². The summed E-state index contributed by atoms with van der Waals surface area (Å²) >= 11 is 0. The van der Waals surface area contributed by atoms with E-state index >= 15 is 0 Å². The van der Waals surface area contributed by atoms with Crippen molar-refractivity contribution in [2.75, 3.05) is 23.3 Å². The van der Waals surface area contributed by atoms with E-state index in [0.29, 0.717) is 31.6 Å². The van der Waals surface area contributed by atoms with Crippen LogP contribution in [-0.4, -0.2) is 37.1 Å². The second kappa shape index (κ2) is 7.59. The Labute approximate surface area is 150 Å². The van der Waals surface area contributed by atoms with Crippen LogP contribution in [0, 0.1) is 11.7 Å². The lowest BCUT2D eigenvalue weighted by atomic mass is 9.84. The van der Waals surface area contributed by atoms with Gasteiger partial charge in [0.2, 0.25) is 5.91 Å². The predicted octanol–water partition coefficient (Wildman–Crippen LogP) is 1.52. The van der Waals surface area contributed by atoms with Gasteiger partial charge in [-0.25, -0.2) is 14.0 Å². The molecule has 2 unspecified atom stereocenters. The zero-order chi connectivity index (χ0) is 18.7. The van der Waals surface area contributed by atoms with Gasteiger partial charge >= 0.3 is 12.1 Å². The summed E-state index contributed by atoms with van der Waals surface area (Å²) < 4.78 is 14.1. The van der Waals surface area contributed by atoms with Crippen molar-refractivity contribution in [1.29, 1.82) is 0 Å². The molecule has 1 aromatic rings. The zero-order valence-corrected chi connectivity index (χ0v) is 14.3. The molecule has 140 valence electrons. The summed E-state index contributed by atoms with van der Waals surface area (Å²) in [7, 11) is 0. The standard InChI is InChI=1S/C17H22FN5O3/c18-12-6-5-10(23-8-7-20-17(23)26)9-14(12)22-16(25)21-13-4-2-1-3-11(13)15(19)24/h5-6,9,11,13H,1-4,7-8H2,(H2,19,24)(H,20,26)(H2,21,22,25). The Balaban J connectivity index is 1.68. The molecule has 9 heteroatoms. The molecule has 1 aliphatic heterocycles. The molecule has 1 saturated carbocycles. The van der Waals surface area contributed by atoms with Crippen molar-refractivity contribution < 1.29 is 18.8 Å². The summed E-state index contributed by atoms with van der Waals surface area (Å²) in [6.45, 7) is 0.980. The van der Waals surface area contributed by atoms with Gasteiger partial charge < -0.3 is 21.7 Å². The van der Waals surface area contributed by atoms with Crippen LogP contribution >= 0.6 is 0 Å². The number of urea groups is 2. The number of benzene rings is 1. The molecular weight excluding hydrogens is 341 g/mol. The van der Waals surface area contributed by atoms with Gasteiger partial charge in [-0.2, -0.15) is 0 Å². The van der Waals surface area contributed by atoms with Gasteiger partial charge in [-0.1, -0.05) is 12.8 Å². The maximum atomic E-state index is 14.1. The van der Waals surface area contributed by atoms with E-state index in [1.165, 1.54) is 23.1 Å². The number of anilines is 2. The van der Waals surface area contributed by atoms with Crippen molar-refractivity contribution in [3.63, 3.8) is 0 Å². The summed E-state index contributed by atoms with van der Waals surface area (Å²) in [6, 6.07) is 2.85. The number of nitrogens with two attached hydrogens (primary N) is 1. The largest absolute Gasteiger partial charge is 0.369 e. The van der Waals surface area contributed by atoms with Crippen LogP contribution in [-0.2, 0) is 4.79 Å². The van der Waals surface area contributed by atoms with Gasteiger partial charge in [0, 0.05) is 24.8 Å². The van der Waals surface area contributed by atoms with Gasteiger partial charge in [-0.05, 0) is 31.0 Å². The average Bonchev–Trinajstić information content (AvgIpc) is 3.03. The Kier molecular flexibility index (Phi) is 5.24. The number of carbonyl (C=O) groups is 3. The third-order valence-corrected chi connectivity index (χ3v) is 4.81. The van der Waals surface area contributed by atoms with Crippen molar-refractivity contribution in [1.82, 2.24) is 10.6 Å². The molecule has 1 aliphatic carbocycles. The molecule has 1 heterocycles. The normalized spacial score (nSPS) is 22.7. The van der Waals surface area contributed by atoms with Crippen molar-refractivity contribution in [2.45, 2.75) is 31.7 Å². The first-order chi connectivity index (χ1) is 12.5. The fraction of sp³-hybridized carbons (Fsp3) is 0.471. The Morgan fingerprint density at radius 1 is 1.27 bits per heavy atom. The highest BCUT2D eigenvalue weighted by Gasteiger charge is 2.30. The Morgan fingerprint density at radius 2 is 2.04 bits per heavy atom. The first-order valence-electron chi connectivity index (χ1n) is 8.67. The Morgan fingerprint density at radius 3 is 2.73 bits per heavy atom. The smallest absolute Gasteiger partial charge is 0.321 e. The van der Waals surface area contributed by atoms with E-state index < -0.39 is 23.7 Å². The number of amides is 5. The van der Waals surface area contributed by atoms with Crippen LogP contribution < -0.4 is 26.6 Å². The number of hydrogen-bond acceptors (Lipinski definition) is 3. The molecule has 2 aliphatic rings. The van der Waals surface area contributed by atoms with Crippen LogP contribution in [0.15, 0.2) is 18.2 Å². The van der Waals surface area contributed by atoms with Crippen LogP contribution in [0.3, 0.4) is 0 Å². The van der Waals surface area contributed by atoms with Gasteiger partial charge in [0.1, 0.15) is 5.82 Å². The molecule has 1 aromatic carbocycles. The molecule has 1 saturated heterocycles. The SMILES string of the molecule is NC(=O)C1CCCCC1NC(=O)Nc1cc(N2CCNC2=O)ccc1F.